The molecule has 0 saturated carbocycles. The van der Waals surface area contributed by atoms with E-state index < -0.39 is 36.7 Å². The summed E-state index contributed by atoms with van der Waals surface area (Å²) in [6.07, 6.45) is -4.65. The van der Waals surface area contributed by atoms with Gasteiger partial charge in [0.05, 0.1) is 35.0 Å². The van der Waals surface area contributed by atoms with Crippen molar-refractivity contribution < 1.29 is 30.0 Å². The third kappa shape index (κ3) is 8.02. The Kier molecular flexibility index (Phi) is 9.84. The molecular formula is C29H30ClF3N6O4S2. The number of guanidine groups is 1. The second-order valence-corrected chi connectivity index (χ2v) is 14.5. The van der Waals surface area contributed by atoms with Crippen molar-refractivity contribution in [1.29, 1.82) is 0 Å². The van der Waals surface area contributed by atoms with Gasteiger partial charge in [-0.3, -0.25) is 0 Å². The average molecular weight is 683 g/mol. The van der Waals surface area contributed by atoms with E-state index >= 15 is 0 Å². The number of hydrazone groups is 1. The summed E-state index contributed by atoms with van der Waals surface area (Å²) in [6, 6.07) is 19.4. The van der Waals surface area contributed by atoms with Gasteiger partial charge in [0.1, 0.15) is 0 Å². The summed E-state index contributed by atoms with van der Waals surface area (Å²) in [7, 11) is -8.15. The number of nitrogens with zero attached hydrogens (tertiary/aromatic N) is 4. The van der Waals surface area contributed by atoms with E-state index in [0.717, 1.165) is 23.3 Å². The van der Waals surface area contributed by atoms with Crippen LogP contribution in [0.4, 0.5) is 13.2 Å². The van der Waals surface area contributed by atoms with Crippen LogP contribution in [0.1, 0.15) is 22.6 Å². The lowest BCUT2D eigenvalue weighted by Gasteiger charge is -2.26. The van der Waals surface area contributed by atoms with Crippen molar-refractivity contribution in [1.82, 2.24) is 19.4 Å². The minimum Gasteiger partial charge on any atom is -0.314 e. The zero-order valence-corrected chi connectivity index (χ0v) is 26.2. The van der Waals surface area contributed by atoms with Crippen LogP contribution in [0.3, 0.4) is 0 Å². The Balaban J connectivity index is 1.49. The van der Waals surface area contributed by atoms with Gasteiger partial charge in [0.25, 0.3) is 10.0 Å². The van der Waals surface area contributed by atoms with Gasteiger partial charge in [-0.2, -0.15) is 22.6 Å². The first-order chi connectivity index (χ1) is 21.3. The largest absolute Gasteiger partial charge is 0.416 e. The fourth-order valence-corrected chi connectivity index (χ4v) is 7.42. The summed E-state index contributed by atoms with van der Waals surface area (Å²) in [5, 5.41) is 9.65. The van der Waals surface area contributed by atoms with Gasteiger partial charge in [-0.25, -0.2) is 31.6 Å². The van der Waals surface area contributed by atoms with E-state index in [-0.39, 0.29) is 30.7 Å². The lowest BCUT2D eigenvalue weighted by Crippen LogP contribution is -2.47. The molecule has 0 radical (unpaired) electrons. The quantitative estimate of drug-likeness (QED) is 0.276. The van der Waals surface area contributed by atoms with Gasteiger partial charge in [-0.15, -0.1) is 0 Å². The van der Waals surface area contributed by atoms with Gasteiger partial charge in [-0.05, 0) is 47.5 Å². The topological polar surface area (TPSA) is 124 Å². The Morgan fingerprint density at radius 1 is 0.956 bits per heavy atom. The zero-order valence-electron chi connectivity index (χ0n) is 23.8. The second-order valence-electron chi connectivity index (χ2n) is 10.3. The van der Waals surface area contributed by atoms with Crippen molar-refractivity contribution in [2.24, 2.45) is 10.1 Å². The minimum atomic E-state index is -4.65. The van der Waals surface area contributed by atoms with E-state index in [1.807, 2.05) is 30.3 Å². The number of nitrogens with one attached hydrogen (secondary N) is 2. The summed E-state index contributed by atoms with van der Waals surface area (Å²) < 4.78 is 95.8. The summed E-state index contributed by atoms with van der Waals surface area (Å²) in [5.74, 6) is -0.990. The highest BCUT2D eigenvalue weighted by Gasteiger charge is 2.34. The molecule has 0 aliphatic carbocycles. The van der Waals surface area contributed by atoms with Gasteiger partial charge in [0.2, 0.25) is 16.0 Å². The molecule has 5 rings (SSSR count). The molecule has 0 bridgehead atoms. The van der Waals surface area contributed by atoms with Gasteiger partial charge in [0.15, 0.2) is 0 Å². The maximum atomic E-state index is 13.4. The molecule has 240 valence electrons. The van der Waals surface area contributed by atoms with E-state index in [1.54, 1.807) is 24.3 Å². The van der Waals surface area contributed by atoms with Crippen LogP contribution in [0.15, 0.2) is 93.9 Å². The highest BCUT2D eigenvalue weighted by atomic mass is 35.5. The molecule has 2 heterocycles. The molecule has 2 aliphatic heterocycles. The predicted molar refractivity (Wildman–Crippen MR) is 166 cm³/mol. The van der Waals surface area contributed by atoms with Gasteiger partial charge in [0, 0.05) is 37.1 Å². The maximum Gasteiger partial charge on any atom is 0.416 e. The van der Waals surface area contributed by atoms with Crippen LogP contribution in [0.2, 0.25) is 5.02 Å². The molecule has 45 heavy (non-hydrogen) atoms. The third-order valence-electron chi connectivity index (χ3n) is 7.30. The molecule has 16 heteroatoms. The number of rotatable bonds is 8. The summed E-state index contributed by atoms with van der Waals surface area (Å²) in [6.45, 7) is 1.48. The Bertz CT molecular complexity index is 1770. The Morgan fingerprint density at radius 3 is 2.22 bits per heavy atom. The molecule has 0 aromatic heterocycles. The molecule has 1 atom stereocenters. The maximum absolute atomic E-state index is 13.4. The highest BCUT2D eigenvalue weighted by molar-refractivity contribution is 7.90. The number of benzene rings is 3. The summed E-state index contributed by atoms with van der Waals surface area (Å²) in [5.41, 5.74) is 1.20. The van der Waals surface area contributed by atoms with Crippen LogP contribution in [-0.2, 0) is 26.2 Å². The second kappa shape index (κ2) is 13.5. The Labute approximate surface area is 264 Å². The smallest absolute Gasteiger partial charge is 0.314 e. The number of piperazine rings is 1. The first-order valence-corrected chi connectivity index (χ1v) is 17.4. The molecule has 2 aliphatic rings. The van der Waals surface area contributed by atoms with Crippen LogP contribution < -0.4 is 10.0 Å². The number of hydrogen-bond donors (Lipinski definition) is 2. The molecule has 0 unspecified atom stereocenters. The van der Waals surface area contributed by atoms with Crippen LogP contribution >= 0.6 is 11.6 Å². The fraction of sp³-hybridized carbons (Fsp3) is 0.310. The SMILES string of the molecule is O=S(=O)(NC(=NCCS(=O)(=O)N1CCNCC1)N1C[C@H](c2ccccc2)C(c2ccc(Cl)cc2)=N1)c1ccc(C(F)(F)F)cc1. The van der Waals surface area contributed by atoms with E-state index in [4.69, 9.17) is 16.7 Å². The lowest BCUT2D eigenvalue weighted by atomic mass is 9.91. The number of sulfonamides is 2. The fourth-order valence-electron chi connectivity index (χ4n) is 4.95. The zero-order chi connectivity index (χ0) is 32.2. The van der Waals surface area contributed by atoms with Crippen molar-refractivity contribution in [3.8, 4) is 0 Å². The number of hydrogen-bond acceptors (Lipinski definition) is 7. The number of aliphatic imine (C=N–C) groups is 1. The van der Waals surface area contributed by atoms with E-state index in [9.17, 15) is 30.0 Å². The normalized spacial score (nSPS) is 18.6. The lowest BCUT2D eigenvalue weighted by molar-refractivity contribution is -0.137. The van der Waals surface area contributed by atoms with E-state index in [2.05, 4.69) is 15.0 Å². The third-order valence-corrected chi connectivity index (χ3v) is 10.7. The van der Waals surface area contributed by atoms with Crippen LogP contribution in [-0.4, -0.2) is 82.8 Å². The van der Waals surface area contributed by atoms with Crippen molar-refractivity contribution in [3.05, 3.63) is 101 Å². The molecule has 2 N–H and O–H groups in total. The Hall–Kier alpha value is -3.50. The monoisotopic (exact) mass is 682 g/mol. The molecule has 1 fully saturated rings. The predicted octanol–water partition coefficient (Wildman–Crippen LogP) is 3.73. The number of halogens is 4. The van der Waals surface area contributed by atoms with Crippen LogP contribution in [0.25, 0.3) is 0 Å². The molecule has 1 saturated heterocycles. The molecule has 3 aromatic carbocycles. The van der Waals surface area contributed by atoms with Crippen LogP contribution in [0.5, 0.6) is 0 Å². The first kappa shape index (κ1) is 32.9. The van der Waals surface area contributed by atoms with Crippen molar-refractivity contribution in [2.75, 3.05) is 45.0 Å². The Morgan fingerprint density at radius 2 is 1.60 bits per heavy atom. The van der Waals surface area contributed by atoms with Crippen molar-refractivity contribution >= 4 is 43.3 Å². The van der Waals surface area contributed by atoms with Gasteiger partial charge >= 0.3 is 6.18 Å². The molecule has 0 amide bonds. The number of alkyl halides is 3. The molecule has 3 aromatic rings. The molecule has 0 spiro atoms. The van der Waals surface area contributed by atoms with Crippen LogP contribution in [0, 0.1) is 0 Å². The standard InChI is InChI=1S/C29H30ClF3N6O4S2/c30-24-10-6-22(7-11-24)27-26(21-4-2-1-3-5-21)20-39(36-27)28(35-16-19-44(40,41)38-17-14-34-15-18-38)37-45(42,43)25-12-8-23(9-13-25)29(31,32)33/h1-13,26,34H,14-20H2,(H,35,37)/t26-/m1/s1. The average Bonchev–Trinajstić information content (AvgIpc) is 3.47. The first-order valence-electron chi connectivity index (χ1n) is 13.9. The van der Waals surface area contributed by atoms with Gasteiger partial charge < -0.3 is 5.32 Å². The van der Waals surface area contributed by atoms with E-state index in [1.165, 1.54) is 9.31 Å². The van der Waals surface area contributed by atoms with Crippen molar-refractivity contribution in [2.45, 2.75) is 17.0 Å². The van der Waals surface area contributed by atoms with E-state index in [0.29, 0.717) is 49.0 Å². The highest BCUT2D eigenvalue weighted by Crippen LogP contribution is 2.31. The minimum absolute atomic E-state index is 0.140. The van der Waals surface area contributed by atoms with Gasteiger partial charge in [-0.1, -0.05) is 54.1 Å². The molecule has 10 nitrogen and oxygen atoms in total. The summed E-state index contributed by atoms with van der Waals surface area (Å²) >= 11 is 6.10. The molecular weight excluding hydrogens is 653 g/mol. The summed E-state index contributed by atoms with van der Waals surface area (Å²) in [4.78, 5) is 3.91. The van der Waals surface area contributed by atoms with Crippen molar-refractivity contribution in [3.63, 3.8) is 0 Å².